The molecular weight excluding hydrogens is 199 g/mol. The van der Waals surface area contributed by atoms with E-state index in [4.69, 9.17) is 0 Å². The van der Waals surface area contributed by atoms with E-state index in [2.05, 4.69) is 3.79 Å². The molecule has 14 heavy (non-hydrogen) atoms. The van der Waals surface area contributed by atoms with Crippen LogP contribution < -0.4 is 0 Å². The van der Waals surface area contributed by atoms with Crippen LogP contribution in [0, 0.1) is 13.8 Å². The quantitative estimate of drug-likeness (QED) is 0.682. The van der Waals surface area contributed by atoms with Gasteiger partial charge in [0.2, 0.25) is 0 Å². The first-order valence-electron chi connectivity index (χ1n) is 3.77. The fourth-order valence-electron chi connectivity index (χ4n) is 1.18. The lowest BCUT2D eigenvalue weighted by atomic mass is 10.1. The van der Waals surface area contributed by atoms with Crippen molar-refractivity contribution in [2.75, 3.05) is 0 Å². The van der Waals surface area contributed by atoms with Crippen LogP contribution in [0.4, 0.5) is 0 Å². The Bertz CT molecular complexity index is 349. The topological polar surface area (TPSA) is 78.0 Å². The molecule has 0 aromatic heterocycles. The normalized spacial score (nSPS) is 9.00. The van der Waals surface area contributed by atoms with Gasteiger partial charge in [0.1, 0.15) is 5.75 Å². The maximum absolute atomic E-state index is 11.1. The predicted octanol–water partition coefficient (Wildman–Crippen LogP) is 0.425. The summed E-state index contributed by atoms with van der Waals surface area (Å²) in [7, 11) is 0. The molecular formula is C9H11AlO4. The molecule has 0 atom stereocenters. The number of phenolic OH excluding ortho intramolecular Hbond substituents is 1. The minimum atomic E-state index is -0.547. The Morgan fingerprint density at radius 1 is 1.43 bits per heavy atom. The molecule has 0 amide bonds. The molecule has 1 aromatic rings. The highest BCUT2D eigenvalue weighted by atomic mass is 27.1. The van der Waals surface area contributed by atoms with Gasteiger partial charge in [-0.15, -0.1) is 0 Å². The summed E-state index contributed by atoms with van der Waals surface area (Å²) in [6, 6.07) is 3.39. The van der Waals surface area contributed by atoms with Crippen LogP contribution in [0.25, 0.3) is 0 Å². The number of aromatic hydroxyl groups is 1. The van der Waals surface area contributed by atoms with Gasteiger partial charge in [-0.25, -0.2) is 4.79 Å². The standard InChI is InChI=1S/C9H10O3.Al.H2O/c1-5-3-6(2)8(10)7(4-5)9(11)12;;/h3-4,10H,1-2H3,(H,11,12);;1H2/q;+1;/p-1. The van der Waals surface area contributed by atoms with Crippen LogP contribution in [0.1, 0.15) is 21.5 Å². The maximum atomic E-state index is 11.1. The predicted molar refractivity (Wildman–Crippen MR) is 52.4 cm³/mol. The number of carbonyl (C=O) groups is 1. The number of rotatable bonds is 1. The second-order valence-electron chi connectivity index (χ2n) is 2.88. The van der Waals surface area contributed by atoms with E-state index in [9.17, 15) is 9.90 Å². The Labute approximate surface area is 90.6 Å². The van der Waals surface area contributed by atoms with Crippen LogP contribution in [0.3, 0.4) is 0 Å². The zero-order valence-electron chi connectivity index (χ0n) is 8.00. The van der Waals surface area contributed by atoms with Crippen LogP contribution in [0.2, 0.25) is 0 Å². The van der Waals surface area contributed by atoms with Crippen LogP contribution in [-0.2, 0) is 3.79 Å². The summed E-state index contributed by atoms with van der Waals surface area (Å²) in [4.78, 5) is 11.1. The molecule has 0 fully saturated rings. The fourth-order valence-corrected chi connectivity index (χ4v) is 1.31. The average molecular weight is 210 g/mol. The first-order chi connectivity index (χ1) is 6.06. The highest BCUT2D eigenvalue weighted by Crippen LogP contribution is 2.23. The molecule has 0 aliphatic carbocycles. The lowest BCUT2D eigenvalue weighted by Crippen LogP contribution is -2.03. The molecule has 0 aliphatic heterocycles. The molecule has 0 unspecified atom stereocenters. The SMILES string of the molecule is Cc1cc(C)c(O)c(C(=O)[O][Al])c1.O. The Morgan fingerprint density at radius 2 is 2.00 bits per heavy atom. The van der Waals surface area contributed by atoms with Gasteiger partial charge in [-0.3, -0.25) is 0 Å². The van der Waals surface area contributed by atoms with Gasteiger partial charge in [-0.1, -0.05) is 6.07 Å². The summed E-state index contributed by atoms with van der Waals surface area (Å²) in [6.07, 6.45) is 0. The van der Waals surface area contributed by atoms with E-state index in [1.54, 1.807) is 19.1 Å². The zero-order chi connectivity index (χ0) is 10.0. The summed E-state index contributed by atoms with van der Waals surface area (Å²) in [5.41, 5.74) is 1.79. The summed E-state index contributed by atoms with van der Waals surface area (Å²) < 4.78 is 4.44. The molecule has 0 saturated carbocycles. The highest BCUT2D eigenvalue weighted by Gasteiger charge is 2.12. The van der Waals surface area contributed by atoms with Crippen molar-refractivity contribution < 1.29 is 19.2 Å². The molecule has 2 radical (unpaired) electrons. The van der Waals surface area contributed by atoms with E-state index >= 15 is 0 Å². The number of carbonyl (C=O) groups excluding carboxylic acids is 1. The summed E-state index contributed by atoms with van der Waals surface area (Å²) in [5, 5.41) is 9.51. The molecule has 0 aliphatic rings. The van der Waals surface area contributed by atoms with Gasteiger partial charge < -0.3 is 14.4 Å². The second-order valence-corrected chi connectivity index (χ2v) is 3.12. The van der Waals surface area contributed by atoms with Gasteiger partial charge in [0, 0.05) is 0 Å². The van der Waals surface area contributed by atoms with E-state index in [0.717, 1.165) is 5.56 Å². The number of benzene rings is 1. The minimum Gasteiger partial charge on any atom is -0.624 e. The third-order valence-electron chi connectivity index (χ3n) is 1.77. The van der Waals surface area contributed by atoms with Crippen LogP contribution in [0.5, 0.6) is 5.75 Å². The average Bonchev–Trinajstić information content (AvgIpc) is 2.10. The molecule has 0 saturated heterocycles. The number of hydrogen-bond donors (Lipinski definition) is 1. The van der Waals surface area contributed by atoms with Crippen LogP contribution in [0.15, 0.2) is 12.1 Å². The molecule has 5 heteroatoms. The summed E-state index contributed by atoms with van der Waals surface area (Å²) >= 11 is 1.86. The Kier molecular flexibility index (Phi) is 4.65. The monoisotopic (exact) mass is 210 g/mol. The van der Waals surface area contributed by atoms with E-state index in [-0.39, 0.29) is 16.8 Å². The van der Waals surface area contributed by atoms with Crippen molar-refractivity contribution >= 4 is 22.6 Å². The number of aryl methyl sites for hydroxylation is 2. The molecule has 0 bridgehead atoms. The summed E-state index contributed by atoms with van der Waals surface area (Å²) in [6.45, 7) is 3.59. The molecule has 1 rings (SSSR count). The van der Waals surface area contributed by atoms with E-state index in [1.807, 2.05) is 23.5 Å². The van der Waals surface area contributed by atoms with Gasteiger partial charge in [0.05, 0.1) is 5.56 Å². The molecule has 0 heterocycles. The van der Waals surface area contributed by atoms with Gasteiger partial charge >= 0.3 is 22.6 Å². The number of hydrogen-bond acceptors (Lipinski definition) is 3. The molecule has 0 spiro atoms. The van der Waals surface area contributed by atoms with Crippen molar-refractivity contribution in [2.24, 2.45) is 0 Å². The molecule has 4 nitrogen and oxygen atoms in total. The largest absolute Gasteiger partial charge is 0.624 e. The lowest BCUT2D eigenvalue weighted by Gasteiger charge is -2.07. The second kappa shape index (κ2) is 5.01. The fraction of sp³-hybridized carbons (Fsp3) is 0.222. The first-order valence-corrected chi connectivity index (χ1v) is 4.24. The molecule has 74 valence electrons. The molecule has 3 N–H and O–H groups in total. The van der Waals surface area contributed by atoms with E-state index < -0.39 is 5.97 Å². The third kappa shape index (κ3) is 2.49. The highest BCUT2D eigenvalue weighted by molar-refractivity contribution is 6.10. The smallest absolute Gasteiger partial charge is 0.485 e. The van der Waals surface area contributed by atoms with Crippen molar-refractivity contribution in [3.05, 3.63) is 28.8 Å². The minimum absolute atomic E-state index is 0. The van der Waals surface area contributed by atoms with Crippen molar-refractivity contribution in [3.8, 4) is 5.75 Å². The van der Waals surface area contributed by atoms with Crippen LogP contribution in [-0.4, -0.2) is 33.2 Å². The van der Waals surface area contributed by atoms with E-state index in [0.29, 0.717) is 5.56 Å². The summed E-state index contributed by atoms with van der Waals surface area (Å²) in [5.74, 6) is -0.563. The van der Waals surface area contributed by atoms with Crippen molar-refractivity contribution in [2.45, 2.75) is 13.8 Å². The van der Waals surface area contributed by atoms with Crippen LogP contribution >= 0.6 is 0 Å². The van der Waals surface area contributed by atoms with Crippen molar-refractivity contribution in [1.82, 2.24) is 0 Å². The third-order valence-corrected chi connectivity index (χ3v) is 1.99. The molecule has 1 aromatic carbocycles. The lowest BCUT2D eigenvalue weighted by molar-refractivity contribution is 0.0746. The first kappa shape index (κ1) is 13.0. The van der Waals surface area contributed by atoms with Crippen molar-refractivity contribution in [1.29, 1.82) is 0 Å². The van der Waals surface area contributed by atoms with Gasteiger partial charge in [-0.05, 0) is 31.0 Å². The Morgan fingerprint density at radius 3 is 2.50 bits per heavy atom. The Balaban J connectivity index is 0.00000169. The zero-order valence-corrected chi connectivity index (χ0v) is 9.15. The van der Waals surface area contributed by atoms with Gasteiger partial charge in [0.15, 0.2) is 0 Å². The van der Waals surface area contributed by atoms with Crippen molar-refractivity contribution in [3.63, 3.8) is 0 Å². The van der Waals surface area contributed by atoms with Gasteiger partial charge in [0.25, 0.3) is 0 Å². The Hall–Kier alpha value is -1.02. The van der Waals surface area contributed by atoms with E-state index in [1.165, 1.54) is 0 Å². The van der Waals surface area contributed by atoms with Gasteiger partial charge in [-0.2, -0.15) is 0 Å². The maximum Gasteiger partial charge on any atom is 0.485 e. The number of phenols is 1.